The number of hydrogen-bond donors (Lipinski definition) is 1. The molecule has 1 aliphatic heterocycles. The third kappa shape index (κ3) is 2.38. The van der Waals surface area contributed by atoms with Crippen LogP contribution in [0.1, 0.15) is 30.9 Å². The van der Waals surface area contributed by atoms with E-state index in [-0.39, 0.29) is 12.0 Å². The monoisotopic (exact) mass is 250 g/mol. The van der Waals surface area contributed by atoms with Crippen molar-refractivity contribution in [2.45, 2.75) is 31.6 Å². The molecular formula is C15H22O3. The lowest BCUT2D eigenvalue weighted by Crippen LogP contribution is -2.47. The highest BCUT2D eigenvalue weighted by molar-refractivity contribution is 5.44. The van der Waals surface area contributed by atoms with Gasteiger partial charge in [0.15, 0.2) is 0 Å². The third-order valence-corrected chi connectivity index (χ3v) is 3.81. The Morgan fingerprint density at radius 1 is 1.39 bits per heavy atom. The van der Waals surface area contributed by atoms with Crippen LogP contribution in [0.4, 0.5) is 0 Å². The Kier molecular flexibility index (Phi) is 4.25. The van der Waals surface area contributed by atoms with Crippen molar-refractivity contribution in [1.82, 2.24) is 0 Å². The molecule has 0 radical (unpaired) electrons. The van der Waals surface area contributed by atoms with E-state index >= 15 is 0 Å². The summed E-state index contributed by atoms with van der Waals surface area (Å²) < 4.78 is 10.9. The van der Waals surface area contributed by atoms with Gasteiger partial charge < -0.3 is 14.6 Å². The zero-order valence-electron chi connectivity index (χ0n) is 11.2. The Morgan fingerprint density at radius 2 is 2.17 bits per heavy atom. The molecule has 3 nitrogen and oxygen atoms in total. The van der Waals surface area contributed by atoms with E-state index in [1.54, 1.807) is 7.11 Å². The van der Waals surface area contributed by atoms with Crippen molar-refractivity contribution in [1.29, 1.82) is 0 Å². The van der Waals surface area contributed by atoms with Gasteiger partial charge in [-0.25, -0.2) is 0 Å². The van der Waals surface area contributed by atoms with Crippen LogP contribution in [0.2, 0.25) is 0 Å². The summed E-state index contributed by atoms with van der Waals surface area (Å²) in [5.41, 5.74) is 2.60. The zero-order valence-corrected chi connectivity index (χ0v) is 11.2. The molecule has 3 heteroatoms. The van der Waals surface area contributed by atoms with E-state index in [0.717, 1.165) is 38.2 Å². The van der Waals surface area contributed by atoms with Crippen molar-refractivity contribution in [2.75, 3.05) is 26.9 Å². The van der Waals surface area contributed by atoms with Crippen LogP contribution in [0.25, 0.3) is 0 Å². The minimum Gasteiger partial charge on any atom is -0.496 e. The third-order valence-electron chi connectivity index (χ3n) is 3.81. The Morgan fingerprint density at radius 3 is 2.67 bits per heavy atom. The highest BCUT2D eigenvalue weighted by Gasteiger charge is 2.41. The van der Waals surface area contributed by atoms with Crippen molar-refractivity contribution >= 4 is 0 Å². The molecular weight excluding hydrogens is 228 g/mol. The van der Waals surface area contributed by atoms with Crippen LogP contribution in [-0.2, 0) is 16.6 Å². The van der Waals surface area contributed by atoms with Gasteiger partial charge in [0.1, 0.15) is 5.75 Å². The summed E-state index contributed by atoms with van der Waals surface area (Å²) in [6, 6.07) is 6.40. The minimum atomic E-state index is 0.0409. The van der Waals surface area contributed by atoms with Gasteiger partial charge in [0.2, 0.25) is 0 Å². The number of ether oxygens (including phenoxy) is 2. The molecule has 0 atom stereocenters. The SMILES string of the molecule is CCc1ccc(OC)c(C2(CCCO)COC2)c1. The molecule has 0 bridgehead atoms. The molecule has 0 unspecified atom stereocenters. The molecule has 100 valence electrons. The average Bonchev–Trinajstić information content (AvgIpc) is 2.37. The van der Waals surface area contributed by atoms with E-state index in [9.17, 15) is 0 Å². The fraction of sp³-hybridized carbons (Fsp3) is 0.600. The second-order valence-electron chi connectivity index (χ2n) is 4.99. The molecule has 0 spiro atoms. The van der Waals surface area contributed by atoms with Gasteiger partial charge in [-0.15, -0.1) is 0 Å². The Labute approximate surface area is 109 Å². The largest absolute Gasteiger partial charge is 0.496 e. The van der Waals surface area contributed by atoms with Gasteiger partial charge in [-0.05, 0) is 30.9 Å². The predicted octanol–water partition coefficient (Wildman–Crippen LogP) is 2.30. The summed E-state index contributed by atoms with van der Waals surface area (Å²) in [4.78, 5) is 0. The van der Waals surface area contributed by atoms with Crippen molar-refractivity contribution in [3.8, 4) is 5.75 Å². The summed E-state index contributed by atoms with van der Waals surface area (Å²) >= 11 is 0. The lowest BCUT2D eigenvalue weighted by Gasteiger charge is -2.43. The lowest BCUT2D eigenvalue weighted by molar-refractivity contribution is -0.0674. The molecule has 18 heavy (non-hydrogen) atoms. The highest BCUT2D eigenvalue weighted by Crippen LogP contribution is 2.41. The first-order valence-electron chi connectivity index (χ1n) is 6.62. The number of methoxy groups -OCH3 is 1. The molecule has 0 aliphatic carbocycles. The second-order valence-corrected chi connectivity index (χ2v) is 4.99. The Balaban J connectivity index is 2.33. The molecule has 1 heterocycles. The van der Waals surface area contributed by atoms with Crippen molar-refractivity contribution in [2.24, 2.45) is 0 Å². The van der Waals surface area contributed by atoms with Gasteiger partial charge in [0.25, 0.3) is 0 Å². The molecule has 1 aliphatic rings. The van der Waals surface area contributed by atoms with E-state index in [4.69, 9.17) is 14.6 Å². The van der Waals surface area contributed by atoms with E-state index in [1.165, 1.54) is 11.1 Å². The Bertz CT molecular complexity index is 397. The Hall–Kier alpha value is -1.06. The fourth-order valence-electron chi connectivity index (χ4n) is 2.59. The number of rotatable bonds is 6. The summed E-state index contributed by atoms with van der Waals surface area (Å²) in [5, 5.41) is 9.05. The number of benzene rings is 1. The predicted molar refractivity (Wildman–Crippen MR) is 71.2 cm³/mol. The van der Waals surface area contributed by atoms with E-state index in [1.807, 2.05) is 6.07 Å². The van der Waals surface area contributed by atoms with Gasteiger partial charge in [-0.3, -0.25) is 0 Å². The number of aliphatic hydroxyl groups excluding tert-OH is 1. The normalized spacial score (nSPS) is 17.3. The van der Waals surface area contributed by atoms with Gasteiger partial charge >= 0.3 is 0 Å². The van der Waals surface area contributed by atoms with Crippen molar-refractivity contribution in [3.05, 3.63) is 29.3 Å². The van der Waals surface area contributed by atoms with Crippen LogP contribution in [0.15, 0.2) is 18.2 Å². The van der Waals surface area contributed by atoms with Gasteiger partial charge in [-0.2, -0.15) is 0 Å². The van der Waals surface area contributed by atoms with Crippen LogP contribution < -0.4 is 4.74 Å². The molecule has 0 amide bonds. The van der Waals surface area contributed by atoms with E-state index < -0.39 is 0 Å². The first-order chi connectivity index (χ1) is 8.75. The van der Waals surface area contributed by atoms with Gasteiger partial charge in [0, 0.05) is 17.6 Å². The fourth-order valence-corrected chi connectivity index (χ4v) is 2.59. The van der Waals surface area contributed by atoms with Crippen molar-refractivity contribution in [3.63, 3.8) is 0 Å². The smallest absolute Gasteiger partial charge is 0.122 e. The maximum Gasteiger partial charge on any atom is 0.122 e. The standard InChI is InChI=1S/C15H22O3/c1-3-12-5-6-14(17-2)13(9-12)15(7-4-8-16)10-18-11-15/h5-6,9,16H,3-4,7-8,10-11H2,1-2H3. The van der Waals surface area contributed by atoms with Crippen LogP contribution in [0.5, 0.6) is 5.75 Å². The number of aliphatic hydroxyl groups is 1. The molecule has 1 N–H and O–H groups in total. The van der Waals surface area contributed by atoms with Crippen LogP contribution in [0.3, 0.4) is 0 Å². The molecule has 0 saturated carbocycles. The topological polar surface area (TPSA) is 38.7 Å². The molecule has 0 aromatic heterocycles. The maximum absolute atomic E-state index is 9.05. The minimum absolute atomic E-state index is 0.0409. The molecule has 1 aromatic rings. The highest BCUT2D eigenvalue weighted by atomic mass is 16.5. The molecule has 2 rings (SSSR count). The summed E-state index contributed by atoms with van der Waals surface area (Å²) in [7, 11) is 1.71. The van der Waals surface area contributed by atoms with Crippen LogP contribution in [0, 0.1) is 0 Å². The van der Waals surface area contributed by atoms with Gasteiger partial charge in [-0.1, -0.05) is 19.1 Å². The quantitative estimate of drug-likeness (QED) is 0.842. The van der Waals surface area contributed by atoms with Crippen molar-refractivity contribution < 1.29 is 14.6 Å². The first-order valence-corrected chi connectivity index (χ1v) is 6.62. The summed E-state index contributed by atoms with van der Waals surface area (Å²) in [5.74, 6) is 0.938. The van der Waals surface area contributed by atoms with Crippen LogP contribution >= 0.6 is 0 Å². The second kappa shape index (κ2) is 5.72. The molecule has 1 fully saturated rings. The first kappa shape index (κ1) is 13.4. The van der Waals surface area contributed by atoms with E-state index in [0.29, 0.717) is 0 Å². The molecule has 1 saturated heterocycles. The number of hydrogen-bond acceptors (Lipinski definition) is 3. The lowest BCUT2D eigenvalue weighted by atomic mass is 9.74. The average molecular weight is 250 g/mol. The van der Waals surface area contributed by atoms with Crippen LogP contribution in [-0.4, -0.2) is 32.0 Å². The summed E-state index contributed by atoms with van der Waals surface area (Å²) in [6.45, 7) is 3.86. The maximum atomic E-state index is 9.05. The van der Waals surface area contributed by atoms with Gasteiger partial charge in [0.05, 0.1) is 20.3 Å². The molecule has 1 aromatic carbocycles. The zero-order chi connectivity index (χ0) is 13.0. The van der Waals surface area contributed by atoms with E-state index in [2.05, 4.69) is 19.1 Å². The summed E-state index contributed by atoms with van der Waals surface area (Å²) in [6.07, 6.45) is 2.78. The number of aryl methyl sites for hydroxylation is 1.